The topological polar surface area (TPSA) is 38.3 Å². The van der Waals surface area contributed by atoms with Crippen molar-refractivity contribution in [2.75, 3.05) is 6.61 Å². The summed E-state index contributed by atoms with van der Waals surface area (Å²) in [4.78, 5) is 11.7. The summed E-state index contributed by atoms with van der Waals surface area (Å²) in [6, 6.07) is 7.57. The summed E-state index contributed by atoms with van der Waals surface area (Å²) in [7, 11) is 0. The van der Waals surface area contributed by atoms with Crippen LogP contribution in [0.4, 0.5) is 0 Å². The van der Waals surface area contributed by atoms with E-state index in [-0.39, 0.29) is 5.91 Å². The third-order valence-electron chi connectivity index (χ3n) is 3.02. The number of halogens is 1. The van der Waals surface area contributed by atoms with Crippen LogP contribution in [0, 0.1) is 6.92 Å². The first-order valence-electron chi connectivity index (χ1n) is 6.82. The zero-order chi connectivity index (χ0) is 15.1. The van der Waals surface area contributed by atoms with Crippen molar-refractivity contribution in [2.24, 2.45) is 0 Å². The van der Waals surface area contributed by atoms with Crippen LogP contribution in [0.2, 0.25) is 5.02 Å². The Morgan fingerprint density at radius 1 is 1.38 bits per heavy atom. The molecule has 0 aliphatic rings. The largest absolute Gasteiger partial charge is 0.494 e. The van der Waals surface area contributed by atoms with Crippen molar-refractivity contribution < 1.29 is 9.53 Å². The monoisotopic (exact) mass is 323 g/mol. The van der Waals surface area contributed by atoms with Crippen LogP contribution < -0.4 is 10.1 Å². The Labute approximate surface area is 133 Å². The van der Waals surface area contributed by atoms with Crippen LogP contribution in [-0.4, -0.2) is 12.5 Å². The summed E-state index contributed by atoms with van der Waals surface area (Å²) in [6.45, 7) is 3.06. The van der Waals surface area contributed by atoms with E-state index in [9.17, 15) is 4.79 Å². The second kappa shape index (κ2) is 8.05. The number of ether oxygens (including phenoxy) is 1. The number of nitrogens with one attached hydrogen (secondary N) is 1. The number of hydrogen-bond acceptors (Lipinski definition) is 3. The molecule has 112 valence electrons. The fourth-order valence-electron chi connectivity index (χ4n) is 1.81. The maximum Gasteiger partial charge on any atom is 0.220 e. The van der Waals surface area contributed by atoms with Crippen LogP contribution in [0.15, 0.2) is 35.0 Å². The fraction of sp³-hybridized carbons (Fsp3) is 0.312. The van der Waals surface area contributed by atoms with Crippen molar-refractivity contribution >= 4 is 28.8 Å². The third-order valence-corrected chi connectivity index (χ3v) is 4.17. The molecule has 0 unspecified atom stereocenters. The van der Waals surface area contributed by atoms with Gasteiger partial charge in [0.05, 0.1) is 6.61 Å². The van der Waals surface area contributed by atoms with Gasteiger partial charge in [0.25, 0.3) is 0 Å². The molecule has 2 rings (SSSR count). The van der Waals surface area contributed by atoms with Crippen LogP contribution in [0.3, 0.4) is 0 Å². The Balaban J connectivity index is 1.62. The van der Waals surface area contributed by atoms with E-state index in [1.807, 2.05) is 41.9 Å². The van der Waals surface area contributed by atoms with E-state index in [2.05, 4.69) is 5.32 Å². The molecule has 5 heteroatoms. The molecule has 1 heterocycles. The normalized spacial score (nSPS) is 10.4. The number of thiophene rings is 1. The first kappa shape index (κ1) is 15.9. The van der Waals surface area contributed by atoms with Crippen molar-refractivity contribution in [1.82, 2.24) is 5.32 Å². The van der Waals surface area contributed by atoms with Crippen molar-refractivity contribution in [2.45, 2.75) is 26.3 Å². The lowest BCUT2D eigenvalue weighted by atomic mass is 10.2. The predicted molar refractivity (Wildman–Crippen MR) is 87.1 cm³/mol. The molecule has 0 saturated heterocycles. The van der Waals surface area contributed by atoms with E-state index in [1.165, 1.54) is 0 Å². The molecule has 1 aromatic carbocycles. The predicted octanol–water partition coefficient (Wildman–Crippen LogP) is 4.19. The van der Waals surface area contributed by atoms with Crippen molar-refractivity contribution in [1.29, 1.82) is 0 Å². The lowest BCUT2D eigenvalue weighted by molar-refractivity contribution is -0.121. The average molecular weight is 324 g/mol. The molecular weight excluding hydrogens is 306 g/mol. The van der Waals surface area contributed by atoms with Gasteiger partial charge in [0, 0.05) is 18.0 Å². The van der Waals surface area contributed by atoms with E-state index in [0.29, 0.717) is 26.0 Å². The molecule has 0 atom stereocenters. The first-order valence-corrected chi connectivity index (χ1v) is 8.14. The van der Waals surface area contributed by atoms with Gasteiger partial charge in [0.1, 0.15) is 5.75 Å². The molecule has 0 saturated carbocycles. The van der Waals surface area contributed by atoms with Gasteiger partial charge in [-0.25, -0.2) is 0 Å². The standard InChI is InChI=1S/C16H18ClNO2S/c1-12-9-14(4-5-15(12)17)20-7-2-3-16(19)18-10-13-6-8-21-11-13/h4-6,8-9,11H,2-3,7,10H2,1H3,(H,18,19). The number of rotatable bonds is 7. The molecule has 1 N–H and O–H groups in total. The minimum atomic E-state index is 0.0529. The summed E-state index contributed by atoms with van der Waals surface area (Å²) in [6.07, 6.45) is 1.16. The fourth-order valence-corrected chi connectivity index (χ4v) is 2.60. The van der Waals surface area contributed by atoms with E-state index < -0.39 is 0 Å². The van der Waals surface area contributed by atoms with Gasteiger partial charge in [-0.2, -0.15) is 11.3 Å². The highest BCUT2D eigenvalue weighted by Gasteiger charge is 2.03. The average Bonchev–Trinajstić information content (AvgIpc) is 2.98. The van der Waals surface area contributed by atoms with Crippen molar-refractivity contribution in [3.63, 3.8) is 0 Å². The van der Waals surface area contributed by atoms with Crippen molar-refractivity contribution in [3.8, 4) is 5.75 Å². The van der Waals surface area contributed by atoms with Gasteiger partial charge in [0.15, 0.2) is 0 Å². The van der Waals surface area contributed by atoms with Crippen LogP contribution >= 0.6 is 22.9 Å². The molecule has 0 fully saturated rings. The van der Waals surface area contributed by atoms with Gasteiger partial charge in [-0.15, -0.1) is 0 Å². The maximum absolute atomic E-state index is 11.7. The number of aryl methyl sites for hydroxylation is 1. The molecule has 21 heavy (non-hydrogen) atoms. The van der Waals surface area contributed by atoms with Gasteiger partial charge in [-0.05, 0) is 59.5 Å². The first-order chi connectivity index (χ1) is 10.1. The highest BCUT2D eigenvalue weighted by Crippen LogP contribution is 2.21. The van der Waals surface area contributed by atoms with Gasteiger partial charge in [-0.1, -0.05) is 11.6 Å². The number of benzene rings is 1. The van der Waals surface area contributed by atoms with E-state index in [4.69, 9.17) is 16.3 Å². The smallest absolute Gasteiger partial charge is 0.220 e. The van der Waals surface area contributed by atoms with E-state index in [0.717, 1.165) is 21.9 Å². The van der Waals surface area contributed by atoms with Crippen LogP contribution in [0.1, 0.15) is 24.0 Å². The summed E-state index contributed by atoms with van der Waals surface area (Å²) < 4.78 is 5.61. The Hall–Kier alpha value is -1.52. The van der Waals surface area contributed by atoms with Crippen LogP contribution in [0.5, 0.6) is 5.75 Å². The molecule has 1 aromatic heterocycles. The molecule has 0 aliphatic carbocycles. The van der Waals surface area contributed by atoms with Gasteiger partial charge in [0.2, 0.25) is 5.91 Å². The second-order valence-corrected chi connectivity index (χ2v) is 5.96. The molecule has 0 spiro atoms. The zero-order valence-corrected chi connectivity index (χ0v) is 13.5. The summed E-state index contributed by atoms with van der Waals surface area (Å²) >= 11 is 7.58. The minimum absolute atomic E-state index is 0.0529. The number of carbonyl (C=O) groups excluding carboxylic acids is 1. The molecule has 0 radical (unpaired) electrons. The molecule has 0 bridgehead atoms. The van der Waals surface area contributed by atoms with Crippen molar-refractivity contribution in [3.05, 3.63) is 51.2 Å². The van der Waals surface area contributed by atoms with Gasteiger partial charge >= 0.3 is 0 Å². The Morgan fingerprint density at radius 2 is 2.24 bits per heavy atom. The molecule has 3 nitrogen and oxygen atoms in total. The van der Waals surface area contributed by atoms with E-state index in [1.54, 1.807) is 11.3 Å². The van der Waals surface area contributed by atoms with Gasteiger partial charge < -0.3 is 10.1 Å². The number of amides is 1. The number of carbonyl (C=O) groups is 1. The molecule has 0 aliphatic heterocycles. The minimum Gasteiger partial charge on any atom is -0.494 e. The maximum atomic E-state index is 11.7. The van der Waals surface area contributed by atoms with Gasteiger partial charge in [-0.3, -0.25) is 4.79 Å². The summed E-state index contributed by atoms with van der Waals surface area (Å²) in [5.74, 6) is 0.840. The third kappa shape index (κ3) is 5.40. The Morgan fingerprint density at radius 3 is 2.95 bits per heavy atom. The number of hydrogen-bond donors (Lipinski definition) is 1. The lowest BCUT2D eigenvalue weighted by Gasteiger charge is -2.08. The summed E-state index contributed by atoms with van der Waals surface area (Å²) in [5.41, 5.74) is 2.13. The summed E-state index contributed by atoms with van der Waals surface area (Å²) in [5, 5.41) is 7.66. The Bertz CT molecular complexity index is 584. The Kier molecular flexibility index (Phi) is 6.08. The highest BCUT2D eigenvalue weighted by atomic mass is 35.5. The van der Waals surface area contributed by atoms with E-state index >= 15 is 0 Å². The van der Waals surface area contributed by atoms with Crippen LogP contribution in [-0.2, 0) is 11.3 Å². The van der Waals surface area contributed by atoms with Crippen LogP contribution in [0.25, 0.3) is 0 Å². The SMILES string of the molecule is Cc1cc(OCCCC(=O)NCc2ccsc2)ccc1Cl. The molecule has 2 aromatic rings. The zero-order valence-electron chi connectivity index (χ0n) is 11.9. The molecular formula is C16H18ClNO2S. The highest BCUT2D eigenvalue weighted by molar-refractivity contribution is 7.07. The lowest BCUT2D eigenvalue weighted by Crippen LogP contribution is -2.22. The quantitative estimate of drug-likeness (QED) is 0.776. The second-order valence-electron chi connectivity index (χ2n) is 4.77. The molecule has 1 amide bonds.